The Morgan fingerprint density at radius 2 is 2.06 bits per heavy atom. The van der Waals surface area contributed by atoms with Crippen molar-refractivity contribution in [1.82, 2.24) is 25.8 Å². The van der Waals surface area contributed by atoms with Crippen LogP contribution in [0, 0.1) is 12.8 Å². The van der Waals surface area contributed by atoms with E-state index in [4.69, 9.17) is 9.26 Å². The normalized spacial score (nSPS) is 11.6. The highest BCUT2D eigenvalue weighted by atomic mass is 16.5. The minimum atomic E-state index is 0.424. The molecule has 8 nitrogen and oxygen atoms in total. The van der Waals surface area contributed by atoms with E-state index >= 15 is 0 Å². The van der Waals surface area contributed by atoms with Gasteiger partial charge in [0, 0.05) is 38.3 Å². The summed E-state index contributed by atoms with van der Waals surface area (Å²) >= 11 is 0. The monoisotopic (exact) mass is 436 g/mol. The van der Waals surface area contributed by atoms with Crippen molar-refractivity contribution in [3.63, 3.8) is 0 Å². The second-order valence-electron chi connectivity index (χ2n) is 7.98. The van der Waals surface area contributed by atoms with Gasteiger partial charge in [0.05, 0.1) is 6.61 Å². The maximum absolute atomic E-state index is 6.04. The number of ether oxygens (including phenoxy) is 1. The highest BCUT2D eigenvalue weighted by Gasteiger charge is 2.10. The Balaban J connectivity index is 1.49. The van der Waals surface area contributed by atoms with Crippen molar-refractivity contribution in [2.45, 2.75) is 40.2 Å². The zero-order valence-electron chi connectivity index (χ0n) is 19.3. The van der Waals surface area contributed by atoms with Crippen molar-refractivity contribution in [3.8, 4) is 17.3 Å². The second kappa shape index (κ2) is 11.8. The molecule has 0 bridgehead atoms. The van der Waals surface area contributed by atoms with Crippen LogP contribution in [-0.2, 0) is 13.0 Å². The Labute approximate surface area is 189 Å². The highest BCUT2D eigenvalue weighted by molar-refractivity contribution is 5.79. The van der Waals surface area contributed by atoms with Gasteiger partial charge in [-0.2, -0.15) is 4.98 Å². The Hall–Kier alpha value is -3.42. The van der Waals surface area contributed by atoms with Gasteiger partial charge in [-0.3, -0.25) is 9.98 Å². The first-order chi connectivity index (χ1) is 15.5. The van der Waals surface area contributed by atoms with E-state index in [1.807, 2.05) is 18.2 Å². The molecule has 1 aromatic carbocycles. The van der Waals surface area contributed by atoms with Crippen LogP contribution in [0.1, 0.15) is 37.2 Å². The van der Waals surface area contributed by atoms with Gasteiger partial charge < -0.3 is 19.9 Å². The fraction of sp³-hybridized carbons (Fsp3) is 0.417. The molecule has 170 valence electrons. The van der Waals surface area contributed by atoms with Crippen molar-refractivity contribution >= 4 is 5.96 Å². The van der Waals surface area contributed by atoms with E-state index in [-0.39, 0.29) is 0 Å². The molecule has 3 aromatic rings. The first-order valence-corrected chi connectivity index (χ1v) is 11.0. The molecule has 0 aliphatic heterocycles. The SMILES string of the molecule is CN=C(NCCc1noc(-c2ccccn2)n1)NCc1ccc(C)cc1OCCC(C)C. The third kappa shape index (κ3) is 7.08. The molecule has 0 aliphatic rings. The Bertz CT molecular complexity index is 1000. The van der Waals surface area contributed by atoms with E-state index in [1.54, 1.807) is 13.2 Å². The Morgan fingerprint density at radius 3 is 2.81 bits per heavy atom. The van der Waals surface area contributed by atoms with Crippen LogP contribution >= 0.6 is 0 Å². The van der Waals surface area contributed by atoms with Gasteiger partial charge in [0.25, 0.3) is 5.89 Å². The molecule has 0 saturated heterocycles. The van der Waals surface area contributed by atoms with Crippen LogP contribution in [0.15, 0.2) is 52.1 Å². The van der Waals surface area contributed by atoms with Gasteiger partial charge in [0.15, 0.2) is 11.8 Å². The molecule has 0 radical (unpaired) electrons. The van der Waals surface area contributed by atoms with Gasteiger partial charge in [-0.15, -0.1) is 0 Å². The molecule has 0 fully saturated rings. The van der Waals surface area contributed by atoms with E-state index in [0.29, 0.717) is 55.4 Å². The van der Waals surface area contributed by atoms with E-state index in [1.165, 1.54) is 5.56 Å². The van der Waals surface area contributed by atoms with E-state index in [2.05, 4.69) is 69.7 Å². The predicted octanol–water partition coefficient (Wildman–Crippen LogP) is 3.77. The van der Waals surface area contributed by atoms with Crippen LogP contribution in [0.5, 0.6) is 5.75 Å². The topological polar surface area (TPSA) is 97.5 Å². The van der Waals surface area contributed by atoms with Crippen LogP contribution in [0.2, 0.25) is 0 Å². The van der Waals surface area contributed by atoms with E-state index in [9.17, 15) is 0 Å². The average Bonchev–Trinajstić information content (AvgIpc) is 3.26. The number of benzene rings is 1. The third-order valence-corrected chi connectivity index (χ3v) is 4.84. The molecule has 32 heavy (non-hydrogen) atoms. The van der Waals surface area contributed by atoms with Gasteiger partial charge in [-0.05, 0) is 43.0 Å². The van der Waals surface area contributed by atoms with Gasteiger partial charge in [0.2, 0.25) is 0 Å². The smallest absolute Gasteiger partial charge is 0.276 e. The molecule has 0 aliphatic carbocycles. The summed E-state index contributed by atoms with van der Waals surface area (Å²) in [6, 6.07) is 11.9. The molecular formula is C24H32N6O2. The number of nitrogens with zero attached hydrogens (tertiary/aromatic N) is 4. The quantitative estimate of drug-likeness (QED) is 0.369. The van der Waals surface area contributed by atoms with Gasteiger partial charge in [0.1, 0.15) is 11.4 Å². The fourth-order valence-corrected chi connectivity index (χ4v) is 2.99. The van der Waals surface area contributed by atoms with Crippen molar-refractivity contribution < 1.29 is 9.26 Å². The summed E-state index contributed by atoms with van der Waals surface area (Å²) in [6.07, 6.45) is 3.33. The molecule has 3 rings (SSSR count). The summed E-state index contributed by atoms with van der Waals surface area (Å²) in [5.41, 5.74) is 2.95. The number of aliphatic imine (C=N–C) groups is 1. The first-order valence-electron chi connectivity index (χ1n) is 11.0. The molecule has 0 spiro atoms. The van der Waals surface area contributed by atoms with Crippen LogP contribution in [0.3, 0.4) is 0 Å². The zero-order chi connectivity index (χ0) is 22.8. The molecule has 8 heteroatoms. The summed E-state index contributed by atoms with van der Waals surface area (Å²) in [5, 5.41) is 10.7. The number of rotatable bonds is 10. The van der Waals surface area contributed by atoms with Crippen LogP contribution in [0.4, 0.5) is 0 Å². The lowest BCUT2D eigenvalue weighted by atomic mass is 10.1. The van der Waals surface area contributed by atoms with E-state index in [0.717, 1.165) is 17.7 Å². The lowest BCUT2D eigenvalue weighted by molar-refractivity contribution is 0.286. The highest BCUT2D eigenvalue weighted by Crippen LogP contribution is 2.21. The second-order valence-corrected chi connectivity index (χ2v) is 7.98. The predicted molar refractivity (Wildman–Crippen MR) is 126 cm³/mol. The zero-order valence-corrected chi connectivity index (χ0v) is 19.3. The lowest BCUT2D eigenvalue weighted by Gasteiger charge is -2.16. The van der Waals surface area contributed by atoms with Gasteiger partial charge in [-0.25, -0.2) is 0 Å². The molecule has 2 aromatic heterocycles. The average molecular weight is 437 g/mol. The van der Waals surface area contributed by atoms with Crippen molar-refractivity contribution in [2.75, 3.05) is 20.2 Å². The number of hydrogen-bond donors (Lipinski definition) is 2. The molecule has 2 N–H and O–H groups in total. The van der Waals surface area contributed by atoms with Gasteiger partial charge >= 0.3 is 0 Å². The fourth-order valence-electron chi connectivity index (χ4n) is 2.99. The van der Waals surface area contributed by atoms with Crippen molar-refractivity contribution in [3.05, 3.63) is 59.5 Å². The number of guanidine groups is 1. The summed E-state index contributed by atoms with van der Waals surface area (Å²) in [5.74, 6) is 3.28. The van der Waals surface area contributed by atoms with Crippen LogP contribution in [-0.4, -0.2) is 41.3 Å². The van der Waals surface area contributed by atoms with Crippen LogP contribution in [0.25, 0.3) is 11.6 Å². The van der Waals surface area contributed by atoms with Gasteiger partial charge in [-0.1, -0.05) is 37.2 Å². The number of aryl methyl sites for hydroxylation is 1. The molecular weight excluding hydrogens is 404 g/mol. The largest absolute Gasteiger partial charge is 0.493 e. The molecule has 0 saturated carbocycles. The van der Waals surface area contributed by atoms with Crippen LogP contribution < -0.4 is 15.4 Å². The molecule has 0 amide bonds. The number of nitrogens with one attached hydrogen (secondary N) is 2. The lowest BCUT2D eigenvalue weighted by Crippen LogP contribution is -2.38. The Morgan fingerprint density at radius 1 is 1.19 bits per heavy atom. The minimum Gasteiger partial charge on any atom is -0.493 e. The maximum atomic E-state index is 6.04. The summed E-state index contributed by atoms with van der Waals surface area (Å²) in [4.78, 5) is 12.9. The third-order valence-electron chi connectivity index (χ3n) is 4.84. The standard InChI is InChI=1S/C24H32N6O2/c1-17(2)11-14-31-21-15-18(3)8-9-19(21)16-28-24(25-4)27-13-10-22-29-23(32-30-22)20-7-5-6-12-26-20/h5-9,12,15,17H,10-11,13-14,16H2,1-4H3,(H2,25,27,28). The summed E-state index contributed by atoms with van der Waals surface area (Å²) < 4.78 is 11.3. The minimum absolute atomic E-state index is 0.424. The molecule has 0 atom stereocenters. The van der Waals surface area contributed by atoms with E-state index < -0.39 is 0 Å². The number of pyridine rings is 1. The summed E-state index contributed by atoms with van der Waals surface area (Å²) in [6.45, 7) is 8.42. The maximum Gasteiger partial charge on any atom is 0.276 e. The number of aromatic nitrogens is 3. The first kappa shape index (κ1) is 23.2. The molecule has 2 heterocycles. The molecule has 0 unspecified atom stereocenters. The summed E-state index contributed by atoms with van der Waals surface area (Å²) in [7, 11) is 1.75. The number of hydrogen-bond acceptors (Lipinski definition) is 6. The van der Waals surface area contributed by atoms with Crippen molar-refractivity contribution in [1.29, 1.82) is 0 Å². The Kier molecular flexibility index (Phi) is 8.60. The van der Waals surface area contributed by atoms with Crippen molar-refractivity contribution in [2.24, 2.45) is 10.9 Å².